The Bertz CT molecular complexity index is 1540. The molecular formula is C27H31N5O6S. The van der Waals surface area contributed by atoms with Crippen LogP contribution in [-0.2, 0) is 19.4 Å². The van der Waals surface area contributed by atoms with Crippen molar-refractivity contribution in [3.05, 3.63) is 42.1 Å². The molecule has 3 aromatic heterocycles. The van der Waals surface area contributed by atoms with Crippen LogP contribution in [0.5, 0.6) is 11.6 Å². The third kappa shape index (κ3) is 5.96. The Labute approximate surface area is 227 Å². The largest absolute Gasteiger partial charge is 0.479 e. The molecule has 1 aliphatic heterocycles. The minimum atomic E-state index is -3.58. The van der Waals surface area contributed by atoms with E-state index in [0.717, 1.165) is 24.7 Å². The second-order valence-corrected chi connectivity index (χ2v) is 12.5. The maximum Gasteiger partial charge on any atom is 0.257 e. The molecule has 2 aliphatic rings. The lowest BCUT2D eigenvalue weighted by Crippen LogP contribution is -2.39. The number of ether oxygens (including phenoxy) is 3. The van der Waals surface area contributed by atoms with Crippen LogP contribution in [0.1, 0.15) is 45.1 Å². The fourth-order valence-electron chi connectivity index (χ4n) is 4.52. The molecule has 1 fully saturated rings. The third-order valence-corrected chi connectivity index (χ3v) is 7.59. The number of nitrogens with zero attached hydrogens (tertiary/aromatic N) is 3. The lowest BCUT2D eigenvalue weighted by Gasteiger charge is -2.34. The molecule has 0 atom stereocenters. The van der Waals surface area contributed by atoms with Crippen molar-refractivity contribution in [2.45, 2.75) is 56.3 Å². The lowest BCUT2D eigenvalue weighted by atomic mass is 9.78. The van der Waals surface area contributed by atoms with Gasteiger partial charge in [0.1, 0.15) is 23.8 Å². The van der Waals surface area contributed by atoms with E-state index in [0.29, 0.717) is 46.8 Å². The zero-order chi connectivity index (χ0) is 27.9. The number of sulfone groups is 1. The highest BCUT2D eigenvalue weighted by Gasteiger charge is 2.32. The Balaban J connectivity index is 1.55. The van der Waals surface area contributed by atoms with Gasteiger partial charge in [0.05, 0.1) is 17.5 Å². The summed E-state index contributed by atoms with van der Waals surface area (Å²) >= 11 is 0. The molecule has 0 spiro atoms. The van der Waals surface area contributed by atoms with Gasteiger partial charge >= 0.3 is 0 Å². The van der Waals surface area contributed by atoms with Crippen molar-refractivity contribution in [1.82, 2.24) is 15.0 Å². The standard InChI is InChI=1S/C27H31N5O6S/c1-15(33)29-23-12-21(19(13-28-23)20-6-7-22-26(31-20)37-14-27(2,3)38-22)30-24-10-17(16-8-18(9-16)36-4)11-25(32-24)39(5,34)35/h6-7,10-13,16,18H,8-9,14H2,1-5H3,(H2,28,29,30,32,33)/t16-,18-. The normalized spacial score (nSPS) is 19.6. The molecule has 0 saturated heterocycles. The van der Waals surface area contributed by atoms with Crippen LogP contribution in [0.25, 0.3) is 11.3 Å². The second kappa shape index (κ2) is 10.1. The summed E-state index contributed by atoms with van der Waals surface area (Å²) < 4.78 is 42.2. The molecule has 11 nitrogen and oxygen atoms in total. The van der Waals surface area contributed by atoms with Gasteiger partial charge in [-0.15, -0.1) is 0 Å². The van der Waals surface area contributed by atoms with Gasteiger partial charge in [0, 0.05) is 38.1 Å². The van der Waals surface area contributed by atoms with Crippen LogP contribution in [0.4, 0.5) is 17.3 Å². The maximum atomic E-state index is 12.5. The van der Waals surface area contributed by atoms with Crippen molar-refractivity contribution in [2.75, 3.05) is 30.6 Å². The van der Waals surface area contributed by atoms with Crippen LogP contribution in [0.3, 0.4) is 0 Å². The molecule has 0 bridgehead atoms. The first-order chi connectivity index (χ1) is 18.4. The fourth-order valence-corrected chi connectivity index (χ4v) is 5.14. The first kappa shape index (κ1) is 26.8. The summed E-state index contributed by atoms with van der Waals surface area (Å²) in [6.07, 6.45) is 4.46. The van der Waals surface area contributed by atoms with E-state index in [-0.39, 0.29) is 23.0 Å². The number of nitrogens with one attached hydrogen (secondary N) is 2. The van der Waals surface area contributed by atoms with Crippen LogP contribution in [-0.4, -0.2) is 61.0 Å². The van der Waals surface area contributed by atoms with E-state index >= 15 is 0 Å². The van der Waals surface area contributed by atoms with Crippen LogP contribution in [0.15, 0.2) is 41.6 Å². The van der Waals surface area contributed by atoms with Crippen LogP contribution >= 0.6 is 0 Å². The minimum Gasteiger partial charge on any atom is -0.479 e. The topological polar surface area (TPSA) is 142 Å². The number of carbonyl (C=O) groups is 1. The summed E-state index contributed by atoms with van der Waals surface area (Å²) in [6.45, 7) is 5.60. The van der Waals surface area contributed by atoms with Gasteiger partial charge < -0.3 is 24.8 Å². The van der Waals surface area contributed by atoms with E-state index < -0.39 is 15.4 Å². The van der Waals surface area contributed by atoms with E-state index in [4.69, 9.17) is 14.2 Å². The van der Waals surface area contributed by atoms with E-state index in [1.54, 1.807) is 37.6 Å². The number of pyridine rings is 3. The number of methoxy groups -OCH3 is 1. The fraction of sp³-hybridized carbons (Fsp3) is 0.407. The lowest BCUT2D eigenvalue weighted by molar-refractivity contribution is -0.114. The van der Waals surface area contributed by atoms with Gasteiger partial charge in [-0.2, -0.15) is 0 Å². The van der Waals surface area contributed by atoms with Gasteiger partial charge in [0.2, 0.25) is 5.91 Å². The Hall–Kier alpha value is -3.77. The number of anilines is 3. The highest BCUT2D eigenvalue weighted by atomic mass is 32.2. The molecule has 0 aromatic carbocycles. The second-order valence-electron chi connectivity index (χ2n) is 10.5. The molecule has 1 aliphatic carbocycles. The molecule has 4 heterocycles. The quantitative estimate of drug-likeness (QED) is 0.439. The number of fused-ring (bicyclic) bond motifs is 1. The predicted molar refractivity (Wildman–Crippen MR) is 145 cm³/mol. The van der Waals surface area contributed by atoms with Crippen LogP contribution in [0.2, 0.25) is 0 Å². The molecule has 1 amide bonds. The number of rotatable bonds is 7. The molecule has 39 heavy (non-hydrogen) atoms. The van der Waals surface area contributed by atoms with E-state index in [1.807, 2.05) is 19.9 Å². The SMILES string of the molecule is CO[C@H]1C[C@H](c2cc(Nc3cc(NC(C)=O)ncc3-c3ccc4c(n3)OCC(C)(C)O4)nc(S(C)(=O)=O)c2)C1. The zero-order valence-electron chi connectivity index (χ0n) is 22.4. The van der Waals surface area contributed by atoms with Crippen LogP contribution in [0, 0.1) is 0 Å². The summed E-state index contributed by atoms with van der Waals surface area (Å²) in [5.74, 6) is 1.44. The number of hydrogen-bond acceptors (Lipinski definition) is 10. The Kier molecular flexibility index (Phi) is 6.93. The molecule has 3 aromatic rings. The Morgan fingerprint density at radius 3 is 2.59 bits per heavy atom. The molecule has 1 saturated carbocycles. The molecule has 12 heteroatoms. The predicted octanol–water partition coefficient (Wildman–Crippen LogP) is 4.09. The summed E-state index contributed by atoms with van der Waals surface area (Å²) in [6, 6.07) is 8.68. The van der Waals surface area contributed by atoms with Crippen LogP contribution < -0.4 is 20.1 Å². The summed E-state index contributed by atoms with van der Waals surface area (Å²) in [5.41, 5.74) is 2.05. The van der Waals surface area contributed by atoms with Gasteiger partial charge in [-0.3, -0.25) is 4.79 Å². The average Bonchev–Trinajstić information content (AvgIpc) is 2.82. The highest BCUT2D eigenvalue weighted by molar-refractivity contribution is 7.90. The Morgan fingerprint density at radius 1 is 1.13 bits per heavy atom. The number of aromatic nitrogens is 3. The number of carbonyl (C=O) groups excluding carboxylic acids is 1. The van der Waals surface area contributed by atoms with E-state index in [2.05, 4.69) is 25.6 Å². The average molecular weight is 554 g/mol. The summed E-state index contributed by atoms with van der Waals surface area (Å²) in [5, 5.41) is 5.90. The van der Waals surface area contributed by atoms with Gasteiger partial charge in [0.25, 0.3) is 5.88 Å². The van der Waals surface area contributed by atoms with Crippen molar-refractivity contribution in [1.29, 1.82) is 0 Å². The first-order valence-electron chi connectivity index (χ1n) is 12.5. The van der Waals surface area contributed by atoms with E-state index in [1.165, 1.54) is 6.92 Å². The van der Waals surface area contributed by atoms with Gasteiger partial charge in [-0.25, -0.2) is 23.4 Å². The summed E-state index contributed by atoms with van der Waals surface area (Å²) in [7, 11) is -1.90. The molecule has 2 N–H and O–H groups in total. The number of amides is 1. The van der Waals surface area contributed by atoms with Gasteiger partial charge in [-0.05, 0) is 62.4 Å². The van der Waals surface area contributed by atoms with Crippen molar-refractivity contribution < 1.29 is 27.4 Å². The first-order valence-corrected chi connectivity index (χ1v) is 14.4. The molecule has 0 unspecified atom stereocenters. The van der Waals surface area contributed by atoms with Crippen molar-refractivity contribution in [2.24, 2.45) is 0 Å². The van der Waals surface area contributed by atoms with Crippen molar-refractivity contribution in [3.63, 3.8) is 0 Å². The number of hydrogen-bond donors (Lipinski definition) is 2. The molecule has 5 rings (SSSR count). The molecular weight excluding hydrogens is 522 g/mol. The molecule has 206 valence electrons. The zero-order valence-corrected chi connectivity index (χ0v) is 23.3. The maximum absolute atomic E-state index is 12.5. The van der Waals surface area contributed by atoms with Gasteiger partial charge in [0.15, 0.2) is 20.6 Å². The Morgan fingerprint density at radius 2 is 1.90 bits per heavy atom. The van der Waals surface area contributed by atoms with Crippen molar-refractivity contribution in [3.8, 4) is 22.9 Å². The minimum absolute atomic E-state index is 0.0267. The van der Waals surface area contributed by atoms with Gasteiger partial charge in [-0.1, -0.05) is 0 Å². The molecule has 0 radical (unpaired) electrons. The van der Waals surface area contributed by atoms with E-state index in [9.17, 15) is 13.2 Å². The summed E-state index contributed by atoms with van der Waals surface area (Å²) in [4.78, 5) is 25.1. The third-order valence-electron chi connectivity index (χ3n) is 6.62. The smallest absolute Gasteiger partial charge is 0.257 e. The monoisotopic (exact) mass is 553 g/mol. The highest BCUT2D eigenvalue weighted by Crippen LogP contribution is 2.41. The van der Waals surface area contributed by atoms with Crippen molar-refractivity contribution >= 4 is 33.1 Å².